The number of hydrogen-bond acceptors (Lipinski definition) is 6. The van der Waals surface area contributed by atoms with Crippen LogP contribution in [0.5, 0.6) is 0 Å². The molecule has 2 N–H and O–H groups in total. The fraction of sp³-hybridized carbons (Fsp3) is 0.778. The zero-order chi connectivity index (χ0) is 11.3. The van der Waals surface area contributed by atoms with Crippen LogP contribution < -0.4 is 10.2 Å². The highest BCUT2D eigenvalue weighted by Gasteiger charge is 2.11. The number of aliphatic hydroxyl groups excluding tert-OH is 1. The van der Waals surface area contributed by atoms with E-state index in [1.165, 1.54) is 0 Å². The van der Waals surface area contributed by atoms with Crippen LogP contribution in [0.25, 0.3) is 0 Å². The predicted octanol–water partition coefficient (Wildman–Crippen LogP) is -0.00390. The fourth-order valence-corrected chi connectivity index (χ4v) is 1.18. The summed E-state index contributed by atoms with van der Waals surface area (Å²) in [6.07, 6.45) is -0.417. The molecule has 1 heterocycles. The number of nitrogens with one attached hydrogen (secondary N) is 1. The Kier molecular flexibility index (Phi) is 4.51. The summed E-state index contributed by atoms with van der Waals surface area (Å²) in [5, 5.41) is 20.0. The van der Waals surface area contributed by atoms with Crippen LogP contribution >= 0.6 is 0 Å². The first-order chi connectivity index (χ1) is 7.13. The monoisotopic (exact) mass is 214 g/mol. The molecule has 1 aromatic rings. The smallest absolute Gasteiger partial charge is 0.318 e. The number of nitrogens with zero attached hydrogens (tertiary/aromatic N) is 3. The zero-order valence-electron chi connectivity index (χ0n) is 9.40. The lowest BCUT2D eigenvalue weighted by Crippen LogP contribution is -2.27. The highest BCUT2D eigenvalue weighted by Crippen LogP contribution is 2.10. The van der Waals surface area contributed by atoms with Crippen molar-refractivity contribution in [3.05, 3.63) is 5.89 Å². The molecule has 0 aliphatic heterocycles. The summed E-state index contributed by atoms with van der Waals surface area (Å²) in [6, 6.07) is 0.434. The van der Waals surface area contributed by atoms with Gasteiger partial charge in [-0.3, -0.25) is 0 Å². The topological polar surface area (TPSA) is 74.4 Å². The molecule has 0 spiro atoms. The molecule has 86 valence electrons. The molecule has 0 aliphatic carbocycles. The van der Waals surface area contributed by atoms with Crippen LogP contribution in [-0.4, -0.2) is 41.5 Å². The van der Waals surface area contributed by atoms with E-state index in [1.807, 2.05) is 6.92 Å². The van der Waals surface area contributed by atoms with Gasteiger partial charge in [0, 0.05) is 13.6 Å². The summed E-state index contributed by atoms with van der Waals surface area (Å²) in [6.45, 7) is 5.64. The van der Waals surface area contributed by atoms with Crippen LogP contribution in [0, 0.1) is 0 Å². The van der Waals surface area contributed by atoms with E-state index in [-0.39, 0.29) is 0 Å². The van der Waals surface area contributed by atoms with Crippen LogP contribution in [-0.2, 0) is 6.54 Å². The van der Waals surface area contributed by atoms with E-state index in [9.17, 15) is 5.11 Å². The summed E-state index contributed by atoms with van der Waals surface area (Å²) < 4.78 is 5.38. The SMILES string of the molecule is CCNCc1nnc(N(C)CC(C)O)o1. The number of aromatic nitrogens is 2. The Hall–Kier alpha value is -1.14. The molecule has 1 aromatic heterocycles. The third-order valence-corrected chi connectivity index (χ3v) is 1.85. The normalized spacial score (nSPS) is 12.8. The van der Waals surface area contributed by atoms with Gasteiger partial charge in [-0.05, 0) is 13.5 Å². The van der Waals surface area contributed by atoms with Crippen molar-refractivity contribution in [3.8, 4) is 0 Å². The van der Waals surface area contributed by atoms with Gasteiger partial charge in [-0.25, -0.2) is 0 Å². The standard InChI is InChI=1S/C9H18N4O2/c1-4-10-5-8-11-12-9(15-8)13(3)6-7(2)14/h7,10,14H,4-6H2,1-3H3. The van der Waals surface area contributed by atoms with E-state index in [1.54, 1.807) is 18.9 Å². The lowest BCUT2D eigenvalue weighted by Gasteiger charge is -2.15. The van der Waals surface area contributed by atoms with Crippen molar-refractivity contribution in [2.24, 2.45) is 0 Å². The maximum atomic E-state index is 9.19. The number of hydrogen-bond donors (Lipinski definition) is 2. The molecule has 1 atom stereocenters. The van der Waals surface area contributed by atoms with Gasteiger partial charge in [-0.15, -0.1) is 5.10 Å². The average Bonchev–Trinajstić information content (AvgIpc) is 2.62. The van der Waals surface area contributed by atoms with Crippen LogP contribution in [0.2, 0.25) is 0 Å². The second-order valence-electron chi connectivity index (χ2n) is 3.49. The van der Waals surface area contributed by atoms with Gasteiger partial charge in [0.1, 0.15) is 0 Å². The first-order valence-corrected chi connectivity index (χ1v) is 5.05. The third-order valence-electron chi connectivity index (χ3n) is 1.85. The van der Waals surface area contributed by atoms with Gasteiger partial charge in [0.25, 0.3) is 0 Å². The van der Waals surface area contributed by atoms with E-state index >= 15 is 0 Å². The van der Waals surface area contributed by atoms with Crippen LogP contribution in [0.15, 0.2) is 4.42 Å². The Balaban J connectivity index is 2.51. The molecule has 0 fully saturated rings. The van der Waals surface area contributed by atoms with Crippen molar-refractivity contribution >= 4 is 6.01 Å². The summed E-state index contributed by atoms with van der Waals surface area (Å²) in [5.74, 6) is 0.560. The van der Waals surface area contributed by atoms with Crippen LogP contribution in [0.1, 0.15) is 19.7 Å². The molecule has 1 unspecified atom stereocenters. The van der Waals surface area contributed by atoms with E-state index in [4.69, 9.17) is 4.42 Å². The predicted molar refractivity (Wildman–Crippen MR) is 56.6 cm³/mol. The van der Waals surface area contributed by atoms with Crippen molar-refractivity contribution in [2.75, 3.05) is 25.0 Å². The minimum Gasteiger partial charge on any atom is -0.407 e. The number of rotatable bonds is 6. The molecule has 0 saturated carbocycles. The Morgan fingerprint density at radius 3 is 2.87 bits per heavy atom. The maximum Gasteiger partial charge on any atom is 0.318 e. The van der Waals surface area contributed by atoms with Crippen LogP contribution in [0.4, 0.5) is 6.01 Å². The van der Waals surface area contributed by atoms with Crippen molar-refractivity contribution < 1.29 is 9.52 Å². The lowest BCUT2D eigenvalue weighted by molar-refractivity contribution is 0.200. The molecule has 0 bridgehead atoms. The zero-order valence-corrected chi connectivity index (χ0v) is 9.40. The second-order valence-corrected chi connectivity index (χ2v) is 3.49. The van der Waals surface area contributed by atoms with Crippen molar-refractivity contribution in [1.82, 2.24) is 15.5 Å². The molecule has 15 heavy (non-hydrogen) atoms. The molecule has 0 saturated heterocycles. The summed E-state index contributed by atoms with van der Waals surface area (Å²) in [4.78, 5) is 1.73. The van der Waals surface area contributed by atoms with Gasteiger partial charge in [0.2, 0.25) is 5.89 Å². The van der Waals surface area contributed by atoms with Gasteiger partial charge in [0.15, 0.2) is 0 Å². The second kappa shape index (κ2) is 5.67. The van der Waals surface area contributed by atoms with Gasteiger partial charge in [-0.2, -0.15) is 0 Å². The van der Waals surface area contributed by atoms with Gasteiger partial charge in [-0.1, -0.05) is 12.0 Å². The van der Waals surface area contributed by atoms with Gasteiger partial charge in [0.05, 0.1) is 12.6 Å². The molecule has 0 aliphatic rings. The van der Waals surface area contributed by atoms with Crippen molar-refractivity contribution in [2.45, 2.75) is 26.5 Å². The molecule has 6 nitrogen and oxygen atoms in total. The van der Waals surface area contributed by atoms with Crippen molar-refractivity contribution in [3.63, 3.8) is 0 Å². The number of anilines is 1. The first-order valence-electron chi connectivity index (χ1n) is 5.05. The minimum atomic E-state index is -0.417. The largest absolute Gasteiger partial charge is 0.407 e. The molecular weight excluding hydrogens is 196 g/mol. The molecule has 0 radical (unpaired) electrons. The highest BCUT2D eigenvalue weighted by molar-refractivity contribution is 5.21. The quantitative estimate of drug-likeness (QED) is 0.694. The van der Waals surface area contributed by atoms with Crippen molar-refractivity contribution in [1.29, 1.82) is 0 Å². The summed E-state index contributed by atoms with van der Waals surface area (Å²) in [7, 11) is 1.80. The number of likely N-dealkylation sites (N-methyl/N-ethyl adjacent to an activating group) is 1. The summed E-state index contributed by atoms with van der Waals surface area (Å²) in [5.41, 5.74) is 0. The first kappa shape index (κ1) is 11.9. The molecule has 1 rings (SSSR count). The highest BCUT2D eigenvalue weighted by atomic mass is 16.4. The van der Waals surface area contributed by atoms with E-state index in [2.05, 4.69) is 15.5 Å². The Morgan fingerprint density at radius 1 is 1.53 bits per heavy atom. The average molecular weight is 214 g/mol. The Labute approximate surface area is 89.3 Å². The number of aliphatic hydroxyl groups is 1. The molecule has 0 amide bonds. The lowest BCUT2D eigenvalue weighted by atomic mass is 10.4. The minimum absolute atomic E-state index is 0.417. The maximum absolute atomic E-state index is 9.19. The fourth-order valence-electron chi connectivity index (χ4n) is 1.18. The van der Waals surface area contributed by atoms with Crippen LogP contribution in [0.3, 0.4) is 0 Å². The van der Waals surface area contributed by atoms with E-state index in [0.29, 0.717) is 25.0 Å². The summed E-state index contributed by atoms with van der Waals surface area (Å²) >= 11 is 0. The molecule has 0 aromatic carbocycles. The Bertz CT molecular complexity index is 287. The van der Waals surface area contributed by atoms with E-state index in [0.717, 1.165) is 6.54 Å². The molecular formula is C9H18N4O2. The van der Waals surface area contributed by atoms with Gasteiger partial charge < -0.3 is 19.7 Å². The third kappa shape index (κ3) is 3.85. The Morgan fingerprint density at radius 2 is 2.27 bits per heavy atom. The van der Waals surface area contributed by atoms with E-state index < -0.39 is 6.10 Å². The molecule has 6 heteroatoms. The van der Waals surface area contributed by atoms with Gasteiger partial charge >= 0.3 is 6.01 Å².